The summed E-state index contributed by atoms with van der Waals surface area (Å²) in [6.45, 7) is 2.22. The standard InChI is InChI=1S/C15H13/c1-2-11-7-5-8-13-10-12-6-3-4-9-14(12)15(11)13/h3-10H,2H2,1H3. The molecule has 0 nitrogen and oxygen atoms in total. The smallest absolute Gasteiger partial charge is 0.0212 e. The number of hydrogen-bond acceptors (Lipinski definition) is 0. The topological polar surface area (TPSA) is 0 Å². The number of fused-ring (bicyclic) bond motifs is 3. The molecule has 0 bridgehead atoms. The fourth-order valence-electron chi connectivity index (χ4n) is 2.38. The number of aryl methyl sites for hydroxylation is 1. The van der Waals surface area contributed by atoms with Gasteiger partial charge >= 0.3 is 0 Å². The zero-order chi connectivity index (χ0) is 10.3. The molecule has 2 aromatic rings. The summed E-state index contributed by atoms with van der Waals surface area (Å²) in [5.74, 6) is 0. The highest BCUT2D eigenvalue weighted by Gasteiger charge is 2.19. The van der Waals surface area contributed by atoms with Gasteiger partial charge in [-0.25, -0.2) is 0 Å². The molecule has 3 rings (SSSR count). The molecule has 0 saturated carbocycles. The average molecular weight is 193 g/mol. The van der Waals surface area contributed by atoms with Crippen molar-refractivity contribution < 1.29 is 0 Å². The third-order valence-electron chi connectivity index (χ3n) is 3.11. The summed E-state index contributed by atoms with van der Waals surface area (Å²) in [6.07, 6.45) is 3.38. The van der Waals surface area contributed by atoms with Crippen LogP contribution >= 0.6 is 0 Å². The van der Waals surface area contributed by atoms with Crippen LogP contribution in [0, 0.1) is 6.42 Å². The highest BCUT2D eigenvalue weighted by molar-refractivity contribution is 5.83. The Hall–Kier alpha value is -1.56. The first kappa shape index (κ1) is 8.72. The number of hydrogen-bond donors (Lipinski definition) is 0. The summed E-state index contributed by atoms with van der Waals surface area (Å²) in [7, 11) is 0. The van der Waals surface area contributed by atoms with E-state index in [9.17, 15) is 0 Å². The predicted molar refractivity (Wildman–Crippen MR) is 63.8 cm³/mol. The molecule has 1 aliphatic carbocycles. The van der Waals surface area contributed by atoms with Crippen LogP contribution in [-0.2, 0) is 6.42 Å². The lowest BCUT2D eigenvalue weighted by Crippen LogP contribution is -1.86. The summed E-state index contributed by atoms with van der Waals surface area (Å²) in [5, 5.41) is 0. The lowest BCUT2D eigenvalue weighted by molar-refractivity contribution is 1.14. The lowest BCUT2D eigenvalue weighted by atomic mass is 9.98. The molecule has 0 aliphatic heterocycles. The zero-order valence-corrected chi connectivity index (χ0v) is 8.83. The van der Waals surface area contributed by atoms with Gasteiger partial charge in [0.2, 0.25) is 0 Å². The van der Waals surface area contributed by atoms with E-state index in [1.54, 1.807) is 0 Å². The molecule has 0 heteroatoms. The molecule has 0 saturated heterocycles. The van der Waals surface area contributed by atoms with Gasteiger partial charge in [0, 0.05) is 6.42 Å². The second-order valence-corrected chi connectivity index (χ2v) is 3.97. The van der Waals surface area contributed by atoms with Gasteiger partial charge in [-0.1, -0.05) is 49.4 Å². The van der Waals surface area contributed by atoms with Crippen molar-refractivity contribution in [2.75, 3.05) is 0 Å². The van der Waals surface area contributed by atoms with Gasteiger partial charge in [0.25, 0.3) is 0 Å². The van der Waals surface area contributed by atoms with Crippen LogP contribution in [0.2, 0.25) is 0 Å². The van der Waals surface area contributed by atoms with Gasteiger partial charge in [0.05, 0.1) is 0 Å². The van der Waals surface area contributed by atoms with Crippen LogP contribution in [0.5, 0.6) is 0 Å². The van der Waals surface area contributed by atoms with E-state index in [-0.39, 0.29) is 0 Å². The zero-order valence-electron chi connectivity index (χ0n) is 8.83. The van der Waals surface area contributed by atoms with Crippen LogP contribution in [-0.4, -0.2) is 0 Å². The van der Waals surface area contributed by atoms with E-state index in [0.29, 0.717) is 0 Å². The minimum atomic E-state index is 1.10. The van der Waals surface area contributed by atoms with Crippen LogP contribution < -0.4 is 0 Å². The van der Waals surface area contributed by atoms with Crippen LogP contribution in [0.15, 0.2) is 42.5 Å². The van der Waals surface area contributed by atoms with Crippen molar-refractivity contribution in [3.05, 3.63) is 65.6 Å². The van der Waals surface area contributed by atoms with Gasteiger partial charge in [-0.15, -0.1) is 0 Å². The molecular weight excluding hydrogens is 180 g/mol. The van der Waals surface area contributed by atoms with E-state index in [1.165, 1.54) is 27.8 Å². The molecule has 2 aromatic carbocycles. The lowest BCUT2D eigenvalue weighted by Gasteiger charge is -2.06. The van der Waals surface area contributed by atoms with Crippen LogP contribution in [0.1, 0.15) is 23.6 Å². The summed E-state index contributed by atoms with van der Waals surface area (Å²) in [5.41, 5.74) is 7.01. The minimum Gasteiger partial charge on any atom is -0.0619 e. The first-order valence-corrected chi connectivity index (χ1v) is 5.46. The van der Waals surface area contributed by atoms with Gasteiger partial charge in [-0.05, 0) is 34.2 Å². The van der Waals surface area contributed by atoms with Crippen molar-refractivity contribution in [1.29, 1.82) is 0 Å². The molecule has 0 aromatic heterocycles. The second-order valence-electron chi connectivity index (χ2n) is 3.97. The highest BCUT2D eigenvalue weighted by Crippen LogP contribution is 2.39. The molecule has 1 aliphatic rings. The van der Waals surface area contributed by atoms with Crippen molar-refractivity contribution in [1.82, 2.24) is 0 Å². The fourth-order valence-corrected chi connectivity index (χ4v) is 2.38. The van der Waals surface area contributed by atoms with E-state index >= 15 is 0 Å². The maximum Gasteiger partial charge on any atom is 0.0212 e. The Bertz CT molecular complexity index is 509. The summed E-state index contributed by atoms with van der Waals surface area (Å²) in [6, 6.07) is 15.2. The summed E-state index contributed by atoms with van der Waals surface area (Å²) in [4.78, 5) is 0. The van der Waals surface area contributed by atoms with Crippen molar-refractivity contribution >= 4 is 0 Å². The molecule has 0 N–H and O–H groups in total. The van der Waals surface area contributed by atoms with Crippen molar-refractivity contribution in [2.45, 2.75) is 13.3 Å². The molecule has 0 heterocycles. The van der Waals surface area contributed by atoms with Crippen LogP contribution in [0.25, 0.3) is 11.1 Å². The highest BCUT2D eigenvalue weighted by atomic mass is 14.2. The average Bonchev–Trinajstić information content (AvgIpc) is 2.67. The maximum absolute atomic E-state index is 2.28. The second kappa shape index (κ2) is 3.23. The van der Waals surface area contributed by atoms with Gasteiger partial charge in [0.1, 0.15) is 0 Å². The molecular formula is C15H13. The summed E-state index contributed by atoms with van der Waals surface area (Å²) < 4.78 is 0. The Morgan fingerprint density at radius 1 is 0.867 bits per heavy atom. The first-order valence-electron chi connectivity index (χ1n) is 5.46. The van der Waals surface area contributed by atoms with Crippen molar-refractivity contribution in [3.8, 4) is 11.1 Å². The summed E-state index contributed by atoms with van der Waals surface area (Å²) >= 11 is 0. The van der Waals surface area contributed by atoms with Gasteiger partial charge in [-0.3, -0.25) is 0 Å². The Morgan fingerprint density at radius 2 is 1.67 bits per heavy atom. The maximum atomic E-state index is 2.28. The van der Waals surface area contributed by atoms with Crippen molar-refractivity contribution in [3.63, 3.8) is 0 Å². The van der Waals surface area contributed by atoms with Gasteiger partial charge in [0.15, 0.2) is 0 Å². The van der Waals surface area contributed by atoms with E-state index in [1.807, 2.05) is 0 Å². The molecule has 0 atom stereocenters. The number of rotatable bonds is 1. The normalized spacial score (nSPS) is 12.3. The van der Waals surface area contributed by atoms with Crippen molar-refractivity contribution in [2.24, 2.45) is 0 Å². The molecule has 0 amide bonds. The Labute approximate surface area is 90.6 Å². The predicted octanol–water partition coefficient (Wildman–Crippen LogP) is 3.83. The number of benzene rings is 2. The first-order chi connectivity index (χ1) is 7.40. The van der Waals surface area contributed by atoms with Crippen LogP contribution in [0.3, 0.4) is 0 Å². The minimum absolute atomic E-state index is 1.10. The molecule has 0 fully saturated rings. The third-order valence-corrected chi connectivity index (χ3v) is 3.11. The van der Waals surface area contributed by atoms with E-state index in [0.717, 1.165) is 6.42 Å². The van der Waals surface area contributed by atoms with E-state index in [2.05, 4.69) is 55.8 Å². The Kier molecular flexibility index (Phi) is 1.88. The Morgan fingerprint density at radius 3 is 2.53 bits per heavy atom. The SMILES string of the molecule is CCc1cccc2c1-c1ccccc1[CH]2. The van der Waals surface area contributed by atoms with Crippen LogP contribution in [0.4, 0.5) is 0 Å². The largest absolute Gasteiger partial charge is 0.0619 e. The third kappa shape index (κ3) is 1.21. The Balaban J connectivity index is 2.30. The molecule has 73 valence electrons. The van der Waals surface area contributed by atoms with E-state index < -0.39 is 0 Å². The monoisotopic (exact) mass is 193 g/mol. The molecule has 0 unspecified atom stereocenters. The molecule has 0 spiro atoms. The van der Waals surface area contributed by atoms with Gasteiger partial charge in [-0.2, -0.15) is 0 Å². The fraction of sp³-hybridized carbons (Fsp3) is 0.133. The van der Waals surface area contributed by atoms with E-state index in [4.69, 9.17) is 0 Å². The van der Waals surface area contributed by atoms with Gasteiger partial charge < -0.3 is 0 Å². The quantitative estimate of drug-likeness (QED) is 0.551. The molecule has 15 heavy (non-hydrogen) atoms. The molecule has 1 radical (unpaired) electrons.